The first-order chi connectivity index (χ1) is 13.5. The van der Waals surface area contributed by atoms with Crippen LogP contribution in [0.2, 0.25) is 10.0 Å². The van der Waals surface area contributed by atoms with Crippen molar-refractivity contribution in [3.05, 3.63) is 64.1 Å². The molecule has 1 amide bonds. The average molecular weight is 422 g/mol. The summed E-state index contributed by atoms with van der Waals surface area (Å²) in [4.78, 5) is 17.2. The Hall–Kier alpha value is -1.79. The maximum atomic E-state index is 12.5. The lowest BCUT2D eigenvalue weighted by atomic mass is 10.1. The summed E-state index contributed by atoms with van der Waals surface area (Å²) in [6.45, 7) is 4.76. The fraction of sp³-hybridized carbons (Fsp3) is 0.381. The lowest BCUT2D eigenvalue weighted by molar-refractivity contribution is -0.124. The molecule has 5 nitrogen and oxygen atoms in total. The van der Waals surface area contributed by atoms with Crippen LogP contribution in [0, 0.1) is 0 Å². The molecule has 1 saturated heterocycles. The third-order valence-electron chi connectivity index (χ3n) is 4.83. The van der Waals surface area contributed by atoms with Crippen LogP contribution in [0.5, 0.6) is 5.75 Å². The van der Waals surface area contributed by atoms with Crippen molar-refractivity contribution in [2.75, 3.05) is 46.4 Å². The van der Waals surface area contributed by atoms with Gasteiger partial charge in [-0.3, -0.25) is 9.69 Å². The van der Waals surface area contributed by atoms with Gasteiger partial charge in [-0.25, -0.2) is 0 Å². The molecule has 2 aromatic rings. The van der Waals surface area contributed by atoms with Gasteiger partial charge in [-0.05, 0) is 24.7 Å². The molecule has 1 N–H and O–H groups in total. The lowest BCUT2D eigenvalue weighted by Gasteiger charge is -2.35. The second-order valence-corrected chi connectivity index (χ2v) is 7.81. The summed E-state index contributed by atoms with van der Waals surface area (Å²) in [5, 5.41) is 3.96. The van der Waals surface area contributed by atoms with Gasteiger partial charge in [0.2, 0.25) is 0 Å². The van der Waals surface area contributed by atoms with E-state index in [0.717, 1.165) is 38.3 Å². The van der Waals surface area contributed by atoms with E-state index in [1.165, 1.54) is 0 Å². The number of likely N-dealkylation sites (N-methyl/N-ethyl adjacent to an activating group) is 1. The van der Waals surface area contributed by atoms with Crippen molar-refractivity contribution < 1.29 is 9.53 Å². The molecule has 1 unspecified atom stereocenters. The van der Waals surface area contributed by atoms with Crippen LogP contribution in [0.15, 0.2) is 48.5 Å². The summed E-state index contributed by atoms with van der Waals surface area (Å²) >= 11 is 11.9. The Morgan fingerprint density at radius 1 is 1.07 bits per heavy atom. The van der Waals surface area contributed by atoms with Crippen molar-refractivity contribution in [1.82, 2.24) is 15.1 Å². The fourth-order valence-electron chi connectivity index (χ4n) is 3.16. The Balaban J connectivity index is 1.60. The lowest BCUT2D eigenvalue weighted by Crippen LogP contribution is -2.48. The zero-order chi connectivity index (χ0) is 19.9. The molecule has 7 heteroatoms. The van der Waals surface area contributed by atoms with Crippen LogP contribution in [0.25, 0.3) is 0 Å². The minimum Gasteiger partial charge on any atom is -0.484 e. The highest BCUT2D eigenvalue weighted by Gasteiger charge is 2.21. The van der Waals surface area contributed by atoms with Crippen LogP contribution in [-0.2, 0) is 4.79 Å². The summed E-state index contributed by atoms with van der Waals surface area (Å²) in [6, 6.07) is 14.9. The van der Waals surface area contributed by atoms with Gasteiger partial charge in [-0.15, -0.1) is 0 Å². The Morgan fingerprint density at radius 3 is 2.46 bits per heavy atom. The van der Waals surface area contributed by atoms with Gasteiger partial charge in [-0.2, -0.15) is 0 Å². The number of halogens is 2. The molecule has 2 aromatic carbocycles. The van der Waals surface area contributed by atoms with E-state index >= 15 is 0 Å². The number of hydrogen-bond acceptors (Lipinski definition) is 4. The molecule has 0 saturated carbocycles. The predicted molar refractivity (Wildman–Crippen MR) is 113 cm³/mol. The maximum Gasteiger partial charge on any atom is 0.258 e. The van der Waals surface area contributed by atoms with Gasteiger partial charge in [0.15, 0.2) is 6.61 Å². The number of piperazine rings is 1. The second-order valence-electron chi connectivity index (χ2n) is 7.00. The zero-order valence-corrected chi connectivity index (χ0v) is 17.4. The van der Waals surface area contributed by atoms with E-state index in [0.29, 0.717) is 15.8 Å². The van der Waals surface area contributed by atoms with E-state index in [1.54, 1.807) is 18.2 Å². The number of carbonyl (C=O) groups is 1. The van der Waals surface area contributed by atoms with Crippen LogP contribution < -0.4 is 10.1 Å². The highest BCUT2D eigenvalue weighted by molar-refractivity contribution is 6.42. The first-order valence-corrected chi connectivity index (χ1v) is 10.1. The largest absolute Gasteiger partial charge is 0.484 e. The molecule has 150 valence electrons. The van der Waals surface area contributed by atoms with Crippen molar-refractivity contribution >= 4 is 29.1 Å². The number of amides is 1. The molecule has 1 fully saturated rings. The standard InChI is InChI=1S/C21H25Cl2N3O2/c1-25-9-11-26(12-10-25)14-20(16-5-3-2-4-6-16)24-21(27)15-28-17-7-8-18(22)19(23)13-17/h2-8,13,20H,9-12,14-15H2,1H3,(H,24,27). The number of hydrogen-bond donors (Lipinski definition) is 1. The fourth-order valence-corrected chi connectivity index (χ4v) is 3.45. The molecular weight excluding hydrogens is 397 g/mol. The van der Waals surface area contributed by atoms with Crippen molar-refractivity contribution in [3.63, 3.8) is 0 Å². The molecule has 1 heterocycles. The number of nitrogens with one attached hydrogen (secondary N) is 1. The second kappa shape index (κ2) is 10.1. The molecule has 0 aliphatic carbocycles. The smallest absolute Gasteiger partial charge is 0.258 e. The molecule has 1 aliphatic rings. The Bertz CT molecular complexity index is 780. The third-order valence-corrected chi connectivity index (χ3v) is 5.57. The zero-order valence-electron chi connectivity index (χ0n) is 15.9. The molecule has 28 heavy (non-hydrogen) atoms. The molecule has 3 rings (SSSR count). The summed E-state index contributed by atoms with van der Waals surface area (Å²) in [6.07, 6.45) is 0. The summed E-state index contributed by atoms with van der Waals surface area (Å²) in [7, 11) is 2.13. The predicted octanol–water partition coefficient (Wildman–Crippen LogP) is 3.48. The van der Waals surface area contributed by atoms with Gasteiger partial charge in [0.1, 0.15) is 5.75 Å². The molecule has 1 aliphatic heterocycles. The summed E-state index contributed by atoms with van der Waals surface area (Å²) in [5.74, 6) is 0.342. The van der Waals surface area contributed by atoms with Crippen molar-refractivity contribution in [3.8, 4) is 5.75 Å². The quantitative estimate of drug-likeness (QED) is 0.742. The van der Waals surface area contributed by atoms with E-state index < -0.39 is 0 Å². The van der Waals surface area contributed by atoms with Crippen LogP contribution >= 0.6 is 23.2 Å². The minimum atomic E-state index is -0.172. The van der Waals surface area contributed by atoms with E-state index in [2.05, 4.69) is 22.2 Å². The average Bonchev–Trinajstić information content (AvgIpc) is 2.71. The molecular formula is C21H25Cl2N3O2. The van der Waals surface area contributed by atoms with Crippen molar-refractivity contribution in [1.29, 1.82) is 0 Å². The minimum absolute atomic E-state index is 0.0793. The number of ether oxygens (including phenoxy) is 1. The Labute approximate surface area is 176 Å². The molecule has 1 atom stereocenters. The summed E-state index contributed by atoms with van der Waals surface area (Å²) in [5.41, 5.74) is 1.09. The van der Waals surface area contributed by atoms with Gasteiger partial charge in [0.05, 0.1) is 16.1 Å². The topological polar surface area (TPSA) is 44.8 Å². The number of benzene rings is 2. The maximum absolute atomic E-state index is 12.5. The molecule has 0 radical (unpaired) electrons. The first-order valence-electron chi connectivity index (χ1n) is 9.34. The monoisotopic (exact) mass is 421 g/mol. The third kappa shape index (κ3) is 6.11. The van der Waals surface area contributed by atoms with Gasteiger partial charge in [0, 0.05) is 38.8 Å². The van der Waals surface area contributed by atoms with Crippen LogP contribution in [0.1, 0.15) is 11.6 Å². The summed E-state index contributed by atoms with van der Waals surface area (Å²) < 4.78 is 5.57. The van der Waals surface area contributed by atoms with Crippen LogP contribution in [0.4, 0.5) is 0 Å². The van der Waals surface area contributed by atoms with E-state index in [4.69, 9.17) is 27.9 Å². The number of rotatable bonds is 7. The molecule has 0 bridgehead atoms. The van der Waals surface area contributed by atoms with E-state index in [9.17, 15) is 4.79 Å². The van der Waals surface area contributed by atoms with Gasteiger partial charge >= 0.3 is 0 Å². The molecule has 0 aromatic heterocycles. The highest BCUT2D eigenvalue weighted by atomic mass is 35.5. The van der Waals surface area contributed by atoms with E-state index in [1.807, 2.05) is 30.3 Å². The van der Waals surface area contributed by atoms with Crippen LogP contribution in [0.3, 0.4) is 0 Å². The van der Waals surface area contributed by atoms with Crippen molar-refractivity contribution in [2.45, 2.75) is 6.04 Å². The SMILES string of the molecule is CN1CCN(CC(NC(=O)COc2ccc(Cl)c(Cl)c2)c2ccccc2)CC1. The number of nitrogens with zero attached hydrogens (tertiary/aromatic N) is 2. The molecule has 0 spiro atoms. The van der Waals surface area contributed by atoms with Crippen molar-refractivity contribution in [2.24, 2.45) is 0 Å². The van der Waals surface area contributed by atoms with E-state index in [-0.39, 0.29) is 18.6 Å². The Morgan fingerprint density at radius 2 is 1.79 bits per heavy atom. The number of carbonyl (C=O) groups excluding carboxylic acids is 1. The normalized spacial score (nSPS) is 16.5. The highest BCUT2D eigenvalue weighted by Crippen LogP contribution is 2.26. The van der Waals surface area contributed by atoms with Gasteiger partial charge in [-0.1, -0.05) is 53.5 Å². The van der Waals surface area contributed by atoms with Gasteiger partial charge in [0.25, 0.3) is 5.91 Å². The Kier molecular flexibility index (Phi) is 7.57. The van der Waals surface area contributed by atoms with Crippen LogP contribution in [-0.4, -0.2) is 62.1 Å². The van der Waals surface area contributed by atoms with Gasteiger partial charge < -0.3 is 15.0 Å². The first kappa shape index (κ1) is 20.9.